The maximum absolute atomic E-state index is 13.5. The molecular weight excluding hydrogens is 404 g/mol. The zero-order valence-electron chi connectivity index (χ0n) is 16.0. The van der Waals surface area contributed by atoms with Gasteiger partial charge < -0.3 is 5.32 Å². The maximum atomic E-state index is 13.5. The molecule has 1 amide bonds. The number of amides is 1. The molecule has 29 heavy (non-hydrogen) atoms. The van der Waals surface area contributed by atoms with Crippen LogP contribution in [0.2, 0.25) is 0 Å². The van der Waals surface area contributed by atoms with E-state index < -0.39 is 10.0 Å². The van der Waals surface area contributed by atoms with Gasteiger partial charge in [0.05, 0.1) is 10.9 Å². The summed E-state index contributed by atoms with van der Waals surface area (Å²) < 4.78 is 28.7. The molecule has 1 aliphatic rings. The standard InChI is InChI=1S/C22H22N2O3S2/c1-2-21(25)23-17-8-10-18(11-9-17)29(26,27)24-14-12-20-19(13-15-28-20)22(24)16-6-4-3-5-7-16/h3-11,13,15,22H,2,12,14H2,1H3,(H,23,25). The Balaban J connectivity index is 1.71. The van der Waals surface area contributed by atoms with Gasteiger partial charge in [-0.15, -0.1) is 11.3 Å². The minimum atomic E-state index is -3.71. The molecule has 0 aliphatic carbocycles. The highest BCUT2D eigenvalue weighted by Gasteiger charge is 2.37. The largest absolute Gasteiger partial charge is 0.326 e. The first kappa shape index (κ1) is 19.8. The second-order valence-corrected chi connectivity index (χ2v) is 9.80. The fourth-order valence-electron chi connectivity index (χ4n) is 3.63. The Hall–Kier alpha value is -2.48. The molecule has 0 saturated carbocycles. The molecule has 0 spiro atoms. The predicted octanol–water partition coefficient (Wildman–Crippen LogP) is 4.43. The third kappa shape index (κ3) is 3.85. The summed E-state index contributed by atoms with van der Waals surface area (Å²) in [6.07, 6.45) is 1.08. The average Bonchev–Trinajstić information content (AvgIpc) is 3.23. The van der Waals surface area contributed by atoms with E-state index in [0.29, 0.717) is 25.1 Å². The van der Waals surface area contributed by atoms with Gasteiger partial charge in [0.2, 0.25) is 15.9 Å². The minimum absolute atomic E-state index is 0.106. The fraction of sp³-hybridized carbons (Fsp3) is 0.227. The molecule has 2 aromatic carbocycles. The van der Waals surface area contributed by atoms with Gasteiger partial charge in [0.25, 0.3) is 0 Å². The van der Waals surface area contributed by atoms with Crippen LogP contribution >= 0.6 is 11.3 Å². The molecule has 1 atom stereocenters. The molecule has 150 valence electrons. The summed E-state index contributed by atoms with van der Waals surface area (Å²) in [4.78, 5) is 13.0. The van der Waals surface area contributed by atoms with Crippen LogP contribution in [0.15, 0.2) is 70.9 Å². The molecule has 0 fully saturated rings. The molecule has 4 rings (SSSR count). The summed E-state index contributed by atoms with van der Waals surface area (Å²) in [5.41, 5.74) is 2.61. The lowest BCUT2D eigenvalue weighted by atomic mass is 9.95. The van der Waals surface area contributed by atoms with Crippen LogP contribution in [0.25, 0.3) is 0 Å². The van der Waals surface area contributed by atoms with Crippen molar-refractivity contribution in [1.29, 1.82) is 0 Å². The summed E-state index contributed by atoms with van der Waals surface area (Å²) in [5, 5.41) is 4.78. The first-order chi connectivity index (χ1) is 14.0. The van der Waals surface area contributed by atoms with E-state index in [4.69, 9.17) is 0 Å². The number of carbonyl (C=O) groups is 1. The van der Waals surface area contributed by atoms with E-state index in [1.54, 1.807) is 46.8 Å². The van der Waals surface area contributed by atoms with Crippen molar-refractivity contribution >= 4 is 33.0 Å². The number of nitrogens with zero attached hydrogens (tertiary/aromatic N) is 1. The number of nitrogens with one attached hydrogen (secondary N) is 1. The molecule has 1 aromatic heterocycles. The van der Waals surface area contributed by atoms with E-state index >= 15 is 0 Å². The van der Waals surface area contributed by atoms with Gasteiger partial charge in [-0.1, -0.05) is 37.3 Å². The summed E-state index contributed by atoms with van der Waals surface area (Å²) in [6, 6.07) is 17.8. The van der Waals surface area contributed by atoms with Crippen LogP contribution in [0.5, 0.6) is 0 Å². The van der Waals surface area contributed by atoms with Gasteiger partial charge in [0.1, 0.15) is 0 Å². The lowest BCUT2D eigenvalue weighted by Crippen LogP contribution is -2.40. The molecule has 1 unspecified atom stereocenters. The van der Waals surface area contributed by atoms with Crippen LogP contribution in [0, 0.1) is 0 Å². The monoisotopic (exact) mass is 426 g/mol. The van der Waals surface area contributed by atoms with Crippen LogP contribution in [0.3, 0.4) is 0 Å². The van der Waals surface area contributed by atoms with Gasteiger partial charge in [-0.25, -0.2) is 8.42 Å². The molecule has 0 saturated heterocycles. The van der Waals surface area contributed by atoms with E-state index in [1.807, 2.05) is 41.8 Å². The number of thiophene rings is 1. The molecule has 1 N–H and O–H groups in total. The number of benzene rings is 2. The van der Waals surface area contributed by atoms with Crippen molar-refractivity contribution in [2.45, 2.75) is 30.7 Å². The van der Waals surface area contributed by atoms with Gasteiger partial charge in [0, 0.05) is 23.5 Å². The van der Waals surface area contributed by atoms with E-state index in [2.05, 4.69) is 5.32 Å². The lowest BCUT2D eigenvalue weighted by molar-refractivity contribution is -0.115. The van der Waals surface area contributed by atoms with Crippen molar-refractivity contribution in [3.63, 3.8) is 0 Å². The van der Waals surface area contributed by atoms with Gasteiger partial charge in [0.15, 0.2) is 0 Å². The highest BCUT2D eigenvalue weighted by atomic mass is 32.2. The van der Waals surface area contributed by atoms with Gasteiger partial charge in [-0.2, -0.15) is 4.31 Å². The zero-order valence-corrected chi connectivity index (χ0v) is 17.7. The van der Waals surface area contributed by atoms with Gasteiger partial charge >= 0.3 is 0 Å². The van der Waals surface area contributed by atoms with Crippen LogP contribution in [0.1, 0.15) is 35.4 Å². The second-order valence-electron chi connectivity index (χ2n) is 6.90. The number of hydrogen-bond donors (Lipinski definition) is 1. The fourth-order valence-corrected chi connectivity index (χ4v) is 6.13. The Kier molecular flexibility index (Phi) is 5.54. The Morgan fingerprint density at radius 2 is 1.83 bits per heavy atom. The minimum Gasteiger partial charge on any atom is -0.326 e. The van der Waals surface area contributed by atoms with Crippen LogP contribution in [-0.4, -0.2) is 25.2 Å². The molecule has 3 aromatic rings. The molecule has 7 heteroatoms. The normalized spacial score (nSPS) is 16.9. The Labute approximate surface area is 175 Å². The van der Waals surface area contributed by atoms with Crippen molar-refractivity contribution in [1.82, 2.24) is 4.31 Å². The number of hydrogen-bond acceptors (Lipinski definition) is 4. The maximum Gasteiger partial charge on any atom is 0.243 e. The smallest absolute Gasteiger partial charge is 0.243 e. The van der Waals surface area contributed by atoms with Crippen molar-refractivity contribution in [2.75, 3.05) is 11.9 Å². The number of sulfonamides is 1. The van der Waals surface area contributed by atoms with E-state index in [1.165, 1.54) is 4.88 Å². The molecule has 0 bridgehead atoms. The summed E-state index contributed by atoms with van der Waals surface area (Å²) in [5.74, 6) is -0.106. The van der Waals surface area contributed by atoms with Crippen LogP contribution in [0.4, 0.5) is 5.69 Å². The van der Waals surface area contributed by atoms with Crippen LogP contribution in [-0.2, 0) is 21.2 Å². The molecule has 0 radical (unpaired) electrons. The summed E-state index contributed by atoms with van der Waals surface area (Å²) in [7, 11) is -3.71. The molecule has 1 aliphatic heterocycles. The van der Waals surface area contributed by atoms with Crippen molar-refractivity contribution in [3.05, 3.63) is 82.0 Å². The van der Waals surface area contributed by atoms with E-state index in [9.17, 15) is 13.2 Å². The predicted molar refractivity (Wildman–Crippen MR) is 116 cm³/mol. The van der Waals surface area contributed by atoms with Crippen molar-refractivity contribution < 1.29 is 13.2 Å². The number of rotatable bonds is 5. The topological polar surface area (TPSA) is 66.5 Å². The highest BCUT2D eigenvalue weighted by Crippen LogP contribution is 2.40. The van der Waals surface area contributed by atoms with Gasteiger partial charge in [-0.05, 0) is 53.3 Å². The average molecular weight is 427 g/mol. The third-order valence-corrected chi connectivity index (χ3v) is 7.98. The van der Waals surface area contributed by atoms with E-state index in [0.717, 1.165) is 11.1 Å². The summed E-state index contributed by atoms with van der Waals surface area (Å²) in [6.45, 7) is 2.21. The molecule has 2 heterocycles. The van der Waals surface area contributed by atoms with Crippen molar-refractivity contribution in [3.8, 4) is 0 Å². The SMILES string of the molecule is CCC(=O)Nc1ccc(S(=O)(=O)N2CCc3sccc3C2c2ccccc2)cc1. The summed E-state index contributed by atoms with van der Waals surface area (Å²) >= 11 is 1.68. The van der Waals surface area contributed by atoms with Crippen molar-refractivity contribution in [2.24, 2.45) is 0 Å². The highest BCUT2D eigenvalue weighted by molar-refractivity contribution is 7.89. The van der Waals surface area contributed by atoms with Crippen LogP contribution < -0.4 is 5.32 Å². The zero-order chi connectivity index (χ0) is 20.4. The van der Waals surface area contributed by atoms with E-state index in [-0.39, 0.29) is 16.8 Å². The van der Waals surface area contributed by atoms with Gasteiger partial charge in [-0.3, -0.25) is 4.79 Å². The Morgan fingerprint density at radius 3 is 2.52 bits per heavy atom. The molecular formula is C22H22N2O3S2. The Bertz CT molecular complexity index is 1110. The number of fused-ring (bicyclic) bond motifs is 1. The number of anilines is 1. The number of carbonyl (C=O) groups excluding carboxylic acids is 1. The second kappa shape index (κ2) is 8.10. The first-order valence-electron chi connectivity index (χ1n) is 9.53. The quantitative estimate of drug-likeness (QED) is 0.656. The lowest BCUT2D eigenvalue weighted by Gasteiger charge is -2.35. The first-order valence-corrected chi connectivity index (χ1v) is 11.9. The Morgan fingerprint density at radius 1 is 1.10 bits per heavy atom. The molecule has 5 nitrogen and oxygen atoms in total. The third-order valence-electron chi connectivity index (χ3n) is 5.10.